The van der Waals surface area contributed by atoms with E-state index < -0.39 is 0 Å². The lowest BCUT2D eigenvalue weighted by molar-refractivity contribution is -0.127. The predicted molar refractivity (Wildman–Crippen MR) is 79.0 cm³/mol. The van der Waals surface area contributed by atoms with E-state index in [1.165, 1.54) is 0 Å². The van der Waals surface area contributed by atoms with Gasteiger partial charge in [-0.15, -0.1) is 12.4 Å². The highest BCUT2D eigenvalue weighted by Crippen LogP contribution is 2.16. The summed E-state index contributed by atoms with van der Waals surface area (Å²) in [5, 5.41) is 6.27. The van der Waals surface area contributed by atoms with Gasteiger partial charge in [-0.25, -0.2) is 9.97 Å². The van der Waals surface area contributed by atoms with E-state index in [0.29, 0.717) is 0 Å². The van der Waals surface area contributed by atoms with Gasteiger partial charge >= 0.3 is 0 Å². The Bertz CT molecular complexity index is 440. The van der Waals surface area contributed by atoms with Crippen LogP contribution in [0.25, 0.3) is 0 Å². The van der Waals surface area contributed by atoms with Gasteiger partial charge in [-0.1, -0.05) is 0 Å². The third kappa shape index (κ3) is 3.37. The number of nitrogens with one attached hydrogen (secondary N) is 2. The largest absolute Gasteiger partial charge is 0.351 e. The Balaban J connectivity index is 0.00000147. The predicted octanol–water partition coefficient (Wildman–Crippen LogP) is 0.203. The molecular formula is C13H20ClN5O. The molecule has 2 N–H and O–H groups in total. The van der Waals surface area contributed by atoms with E-state index in [-0.39, 0.29) is 30.3 Å². The van der Waals surface area contributed by atoms with Gasteiger partial charge in [0, 0.05) is 44.6 Å². The van der Waals surface area contributed by atoms with E-state index in [9.17, 15) is 4.79 Å². The number of hydrogen-bond acceptors (Lipinski definition) is 5. The van der Waals surface area contributed by atoms with Gasteiger partial charge in [-0.3, -0.25) is 4.79 Å². The van der Waals surface area contributed by atoms with Crippen LogP contribution in [0.2, 0.25) is 0 Å². The Kier molecular flexibility index (Phi) is 5.14. The fourth-order valence-corrected chi connectivity index (χ4v) is 2.52. The third-order valence-electron chi connectivity index (χ3n) is 3.76. The molecule has 1 unspecified atom stereocenters. The topological polar surface area (TPSA) is 70.2 Å². The number of rotatable bonds is 3. The Hall–Kier alpha value is -1.40. The third-order valence-corrected chi connectivity index (χ3v) is 3.76. The second kappa shape index (κ2) is 6.85. The SMILES string of the molecule is Cl.O=C(NC1CCCN(c2ncccn2)C1)C1CNC1. The maximum absolute atomic E-state index is 11.9. The van der Waals surface area contributed by atoms with Gasteiger partial charge in [0.25, 0.3) is 0 Å². The summed E-state index contributed by atoms with van der Waals surface area (Å²) in [4.78, 5) is 22.6. The second-order valence-electron chi connectivity index (χ2n) is 5.20. The summed E-state index contributed by atoms with van der Waals surface area (Å²) in [6.07, 6.45) is 5.61. The maximum atomic E-state index is 11.9. The first kappa shape index (κ1) is 15.0. The van der Waals surface area contributed by atoms with Crippen LogP contribution in [0.3, 0.4) is 0 Å². The van der Waals surface area contributed by atoms with Crippen molar-refractivity contribution in [3.05, 3.63) is 18.5 Å². The molecule has 0 radical (unpaired) electrons. The van der Waals surface area contributed by atoms with E-state index in [1.807, 2.05) is 6.07 Å². The quantitative estimate of drug-likeness (QED) is 0.834. The molecule has 110 valence electrons. The molecule has 1 aromatic rings. The number of halogens is 1. The Morgan fingerprint density at radius 2 is 2.10 bits per heavy atom. The number of nitrogens with zero attached hydrogens (tertiary/aromatic N) is 3. The van der Waals surface area contributed by atoms with Gasteiger partial charge in [0.05, 0.1) is 5.92 Å². The highest BCUT2D eigenvalue weighted by molar-refractivity contribution is 5.85. The number of amides is 1. The Morgan fingerprint density at radius 1 is 1.35 bits per heavy atom. The Morgan fingerprint density at radius 3 is 2.75 bits per heavy atom. The molecular weight excluding hydrogens is 278 g/mol. The summed E-state index contributed by atoms with van der Waals surface area (Å²) in [5.41, 5.74) is 0. The first-order valence-electron chi connectivity index (χ1n) is 6.86. The minimum Gasteiger partial charge on any atom is -0.351 e. The molecule has 0 bridgehead atoms. The molecule has 0 saturated carbocycles. The van der Waals surface area contributed by atoms with Crippen molar-refractivity contribution in [3.63, 3.8) is 0 Å². The highest BCUT2D eigenvalue weighted by Gasteiger charge is 2.28. The standard InChI is InChI=1S/C13H19N5O.ClH/c19-12(10-7-14-8-10)17-11-3-1-6-18(9-11)13-15-4-2-5-16-13;/h2,4-5,10-11,14H,1,3,6-9H2,(H,17,19);1H. The van der Waals surface area contributed by atoms with Gasteiger partial charge in [-0.05, 0) is 18.9 Å². The van der Waals surface area contributed by atoms with Crippen molar-refractivity contribution in [2.45, 2.75) is 18.9 Å². The normalized spacial score (nSPS) is 22.6. The van der Waals surface area contributed by atoms with Crippen LogP contribution < -0.4 is 15.5 Å². The van der Waals surface area contributed by atoms with Crippen LogP contribution in [0.5, 0.6) is 0 Å². The lowest BCUT2D eigenvalue weighted by Crippen LogP contribution is -2.55. The average Bonchev–Trinajstić information content (AvgIpc) is 2.38. The smallest absolute Gasteiger partial charge is 0.225 e. The molecule has 3 rings (SSSR count). The summed E-state index contributed by atoms with van der Waals surface area (Å²) >= 11 is 0. The minimum atomic E-state index is 0. The fourth-order valence-electron chi connectivity index (χ4n) is 2.52. The molecule has 1 aromatic heterocycles. The second-order valence-corrected chi connectivity index (χ2v) is 5.20. The van der Waals surface area contributed by atoms with Gasteiger partial charge in [0.2, 0.25) is 11.9 Å². The lowest BCUT2D eigenvalue weighted by atomic mass is 10.0. The molecule has 0 aromatic carbocycles. The van der Waals surface area contributed by atoms with Crippen LogP contribution >= 0.6 is 12.4 Å². The summed E-state index contributed by atoms with van der Waals surface area (Å²) in [6, 6.07) is 2.03. The molecule has 2 aliphatic rings. The monoisotopic (exact) mass is 297 g/mol. The molecule has 0 aliphatic carbocycles. The lowest BCUT2D eigenvalue weighted by Gasteiger charge is -2.35. The van der Waals surface area contributed by atoms with Crippen LogP contribution in [-0.4, -0.2) is 48.1 Å². The number of carbonyl (C=O) groups is 1. The van der Waals surface area contributed by atoms with Crippen LogP contribution in [0.15, 0.2) is 18.5 Å². The minimum absolute atomic E-state index is 0. The number of aromatic nitrogens is 2. The average molecular weight is 298 g/mol. The number of piperidine rings is 1. The Labute approximate surface area is 124 Å². The summed E-state index contributed by atoms with van der Waals surface area (Å²) in [7, 11) is 0. The van der Waals surface area contributed by atoms with Crippen molar-refractivity contribution in [1.29, 1.82) is 0 Å². The first-order chi connectivity index (χ1) is 9.33. The zero-order valence-corrected chi connectivity index (χ0v) is 12.1. The van der Waals surface area contributed by atoms with Gasteiger partial charge in [-0.2, -0.15) is 0 Å². The van der Waals surface area contributed by atoms with Crippen molar-refractivity contribution in [1.82, 2.24) is 20.6 Å². The molecule has 2 fully saturated rings. The molecule has 20 heavy (non-hydrogen) atoms. The molecule has 2 aliphatic heterocycles. The van der Waals surface area contributed by atoms with E-state index in [1.54, 1.807) is 12.4 Å². The molecule has 0 spiro atoms. The van der Waals surface area contributed by atoms with E-state index >= 15 is 0 Å². The zero-order chi connectivity index (χ0) is 13.1. The van der Waals surface area contributed by atoms with Crippen molar-refractivity contribution >= 4 is 24.3 Å². The van der Waals surface area contributed by atoms with Crippen LogP contribution in [0.1, 0.15) is 12.8 Å². The fraction of sp³-hybridized carbons (Fsp3) is 0.615. The van der Waals surface area contributed by atoms with Crippen molar-refractivity contribution in [2.75, 3.05) is 31.1 Å². The number of hydrogen-bond donors (Lipinski definition) is 2. The summed E-state index contributed by atoms with van der Waals surface area (Å²) in [6.45, 7) is 3.38. The zero-order valence-electron chi connectivity index (χ0n) is 11.3. The molecule has 6 nitrogen and oxygen atoms in total. The number of carbonyl (C=O) groups excluding carboxylic acids is 1. The highest BCUT2D eigenvalue weighted by atomic mass is 35.5. The van der Waals surface area contributed by atoms with E-state index in [0.717, 1.165) is 45.0 Å². The van der Waals surface area contributed by atoms with E-state index in [2.05, 4.69) is 25.5 Å². The molecule has 3 heterocycles. The van der Waals surface area contributed by atoms with Gasteiger partial charge < -0.3 is 15.5 Å². The molecule has 2 saturated heterocycles. The van der Waals surface area contributed by atoms with Crippen molar-refractivity contribution in [3.8, 4) is 0 Å². The first-order valence-corrected chi connectivity index (χ1v) is 6.86. The summed E-state index contributed by atoms with van der Waals surface area (Å²) in [5.74, 6) is 1.09. The maximum Gasteiger partial charge on any atom is 0.225 e. The van der Waals surface area contributed by atoms with Crippen LogP contribution in [0.4, 0.5) is 5.95 Å². The van der Waals surface area contributed by atoms with Crippen LogP contribution in [-0.2, 0) is 4.79 Å². The molecule has 7 heteroatoms. The number of anilines is 1. The van der Waals surface area contributed by atoms with Gasteiger partial charge in [0.1, 0.15) is 0 Å². The van der Waals surface area contributed by atoms with E-state index in [4.69, 9.17) is 0 Å². The van der Waals surface area contributed by atoms with Crippen LogP contribution in [0, 0.1) is 5.92 Å². The van der Waals surface area contributed by atoms with Crippen molar-refractivity contribution < 1.29 is 4.79 Å². The van der Waals surface area contributed by atoms with Gasteiger partial charge in [0.15, 0.2) is 0 Å². The molecule has 1 atom stereocenters. The molecule has 1 amide bonds. The summed E-state index contributed by atoms with van der Waals surface area (Å²) < 4.78 is 0. The van der Waals surface area contributed by atoms with Crippen molar-refractivity contribution in [2.24, 2.45) is 5.92 Å².